The quantitative estimate of drug-likeness (QED) is 0.172. The number of carbonyl (C=O) groups excluding carboxylic acids is 3. The van der Waals surface area contributed by atoms with Gasteiger partial charge in [-0.3, -0.25) is 19.7 Å². The number of pyridine rings is 2. The van der Waals surface area contributed by atoms with Crippen LogP contribution >= 0.6 is 0 Å². The molecule has 3 fully saturated rings. The number of ether oxygens (including phenoxy) is 1. The van der Waals surface area contributed by atoms with E-state index in [1.807, 2.05) is 24.4 Å². The van der Waals surface area contributed by atoms with E-state index in [1.54, 1.807) is 12.3 Å². The Balaban J connectivity index is 0.928. The van der Waals surface area contributed by atoms with Gasteiger partial charge < -0.3 is 19.4 Å². The monoisotopic (exact) mass is 730 g/mol. The van der Waals surface area contributed by atoms with E-state index >= 15 is 0 Å². The molecule has 53 heavy (non-hydrogen) atoms. The van der Waals surface area contributed by atoms with E-state index in [0.717, 1.165) is 81.5 Å². The molecule has 2 aliphatic heterocycles. The zero-order chi connectivity index (χ0) is 37.3. The summed E-state index contributed by atoms with van der Waals surface area (Å²) in [6.45, 7) is 6.93. The van der Waals surface area contributed by atoms with Crippen molar-refractivity contribution >= 4 is 29.1 Å². The predicted molar refractivity (Wildman–Crippen MR) is 193 cm³/mol. The Hall–Kier alpha value is -4.78. The number of piperidine rings is 2. The molecule has 3 amide bonds. The van der Waals surface area contributed by atoms with Crippen LogP contribution in [-0.4, -0.2) is 62.7 Å². The third-order valence-electron chi connectivity index (χ3n) is 10.9. The summed E-state index contributed by atoms with van der Waals surface area (Å²) < 4.78 is 47.5. The van der Waals surface area contributed by atoms with Crippen molar-refractivity contribution in [3.63, 3.8) is 0 Å². The van der Waals surface area contributed by atoms with Gasteiger partial charge in [0.05, 0.1) is 17.7 Å². The standard InChI is InChI=1S/C40H45F3N6O4/c1-24(2)53-34-20-36-45-32(22-49(36)23-33(34)46-39(52)31-4-3-5-35(44-31)40(41,42)43)29-8-6-25(7-9-29)21-48-18-16-27(17-19-48)26-10-12-28(13-11-26)30-14-15-37(50)47-38(30)51/h3-5,10-13,20,22-25,27,29-30H,6-9,14-19,21H2,1-2H3,(H,46,52)(H,47,50,51). The number of halogens is 3. The number of anilines is 1. The first-order valence-corrected chi connectivity index (χ1v) is 18.6. The molecule has 2 N–H and O–H groups in total. The molecular formula is C40H45F3N6O4. The van der Waals surface area contributed by atoms with E-state index in [0.29, 0.717) is 47.7 Å². The highest BCUT2D eigenvalue weighted by molar-refractivity contribution is 6.03. The Kier molecular flexibility index (Phi) is 10.6. The minimum absolute atomic E-state index is 0.191. The van der Waals surface area contributed by atoms with Crippen LogP contribution in [0.2, 0.25) is 0 Å². The van der Waals surface area contributed by atoms with Crippen LogP contribution in [0.1, 0.15) is 116 Å². The molecule has 1 unspecified atom stereocenters. The van der Waals surface area contributed by atoms with Crippen molar-refractivity contribution in [2.45, 2.75) is 95.2 Å². The van der Waals surface area contributed by atoms with E-state index < -0.39 is 17.8 Å². The number of hydrogen-bond donors (Lipinski definition) is 2. The van der Waals surface area contributed by atoms with Crippen molar-refractivity contribution in [1.29, 1.82) is 0 Å². The number of hydrogen-bond acceptors (Lipinski definition) is 7. The number of nitrogens with one attached hydrogen (secondary N) is 2. The van der Waals surface area contributed by atoms with E-state index in [4.69, 9.17) is 9.72 Å². The molecule has 0 bridgehead atoms. The highest BCUT2D eigenvalue weighted by Gasteiger charge is 2.33. The largest absolute Gasteiger partial charge is 0.489 e. The fourth-order valence-electron chi connectivity index (χ4n) is 8.05. The summed E-state index contributed by atoms with van der Waals surface area (Å²) in [6.07, 6.45) is 6.25. The third-order valence-corrected chi connectivity index (χ3v) is 10.9. The van der Waals surface area contributed by atoms with Gasteiger partial charge in [0.2, 0.25) is 11.8 Å². The number of benzene rings is 1. The zero-order valence-electron chi connectivity index (χ0n) is 30.0. The summed E-state index contributed by atoms with van der Waals surface area (Å²) in [5.74, 6) is 0.407. The molecule has 3 aromatic heterocycles. The average Bonchev–Trinajstić information content (AvgIpc) is 3.55. The van der Waals surface area contributed by atoms with Crippen LogP contribution in [0, 0.1) is 5.92 Å². The number of likely N-dealkylation sites (tertiary alicyclic amines) is 1. The topological polar surface area (TPSA) is 118 Å². The lowest BCUT2D eigenvalue weighted by atomic mass is 9.80. The van der Waals surface area contributed by atoms with E-state index in [-0.39, 0.29) is 29.5 Å². The van der Waals surface area contributed by atoms with Crippen molar-refractivity contribution < 1.29 is 32.3 Å². The van der Waals surface area contributed by atoms with Crippen molar-refractivity contribution in [3.05, 3.63) is 89.1 Å². The summed E-state index contributed by atoms with van der Waals surface area (Å²) in [6, 6.07) is 13.4. The van der Waals surface area contributed by atoms with Crippen molar-refractivity contribution in [3.8, 4) is 5.75 Å². The Morgan fingerprint density at radius 1 is 0.925 bits per heavy atom. The minimum Gasteiger partial charge on any atom is -0.489 e. The lowest BCUT2D eigenvalue weighted by Crippen LogP contribution is -2.39. The molecule has 0 radical (unpaired) electrons. The zero-order valence-corrected chi connectivity index (χ0v) is 30.0. The van der Waals surface area contributed by atoms with Crippen LogP contribution in [0.15, 0.2) is 60.9 Å². The van der Waals surface area contributed by atoms with Crippen LogP contribution in [0.5, 0.6) is 5.75 Å². The molecule has 1 atom stereocenters. The maximum absolute atomic E-state index is 13.2. The van der Waals surface area contributed by atoms with Gasteiger partial charge in [0.25, 0.3) is 5.91 Å². The molecule has 5 heterocycles. The first-order valence-electron chi connectivity index (χ1n) is 18.6. The van der Waals surface area contributed by atoms with Crippen LogP contribution in [0.4, 0.5) is 18.9 Å². The molecule has 7 rings (SSSR count). The number of alkyl halides is 3. The second kappa shape index (κ2) is 15.3. The molecular weight excluding hydrogens is 685 g/mol. The molecule has 1 saturated carbocycles. The van der Waals surface area contributed by atoms with Gasteiger partial charge >= 0.3 is 6.18 Å². The number of aromatic nitrogens is 3. The number of imidazole rings is 1. The number of imide groups is 1. The Labute approximate surface area is 306 Å². The van der Waals surface area contributed by atoms with Crippen molar-refractivity contribution in [1.82, 2.24) is 24.6 Å². The smallest absolute Gasteiger partial charge is 0.433 e. The van der Waals surface area contributed by atoms with Gasteiger partial charge in [-0.1, -0.05) is 30.3 Å². The SMILES string of the molecule is CC(C)Oc1cc2nc(C3CCC(CN4CCC(c5ccc(C6CCC(=O)NC6=O)cc5)CC4)CC3)cn2cc1NC(=O)c1cccc(C(F)(F)F)n1. The van der Waals surface area contributed by atoms with Gasteiger partial charge in [-0.25, -0.2) is 9.97 Å². The van der Waals surface area contributed by atoms with Gasteiger partial charge in [0.15, 0.2) is 0 Å². The molecule has 0 spiro atoms. The lowest BCUT2D eigenvalue weighted by molar-refractivity contribution is -0.141. The second-order valence-electron chi connectivity index (χ2n) is 15.0. The average molecular weight is 731 g/mol. The summed E-state index contributed by atoms with van der Waals surface area (Å²) in [4.78, 5) is 47.9. The Morgan fingerprint density at radius 3 is 2.32 bits per heavy atom. The van der Waals surface area contributed by atoms with Gasteiger partial charge in [0.1, 0.15) is 28.5 Å². The van der Waals surface area contributed by atoms with E-state index in [9.17, 15) is 27.6 Å². The number of rotatable bonds is 9. The highest BCUT2D eigenvalue weighted by Crippen LogP contribution is 2.38. The molecule has 1 aliphatic carbocycles. The Bertz CT molecular complexity index is 1960. The summed E-state index contributed by atoms with van der Waals surface area (Å²) in [7, 11) is 0. The molecule has 4 aromatic rings. The van der Waals surface area contributed by atoms with E-state index in [1.165, 1.54) is 11.6 Å². The Morgan fingerprint density at radius 2 is 1.64 bits per heavy atom. The number of nitrogens with zero attached hydrogens (tertiary/aromatic N) is 4. The number of amides is 3. The van der Waals surface area contributed by atoms with Crippen LogP contribution < -0.4 is 15.4 Å². The second-order valence-corrected chi connectivity index (χ2v) is 15.0. The molecule has 3 aliphatic rings. The fourth-order valence-corrected chi connectivity index (χ4v) is 8.05. The lowest BCUT2D eigenvalue weighted by Gasteiger charge is -2.36. The molecule has 280 valence electrons. The third kappa shape index (κ3) is 8.56. The maximum atomic E-state index is 13.2. The number of carbonyl (C=O) groups is 3. The summed E-state index contributed by atoms with van der Waals surface area (Å²) in [5.41, 5.74) is 2.78. The molecule has 1 aromatic carbocycles. The molecule has 2 saturated heterocycles. The predicted octanol–water partition coefficient (Wildman–Crippen LogP) is 7.46. The van der Waals surface area contributed by atoms with Gasteiger partial charge in [0, 0.05) is 37.3 Å². The van der Waals surface area contributed by atoms with Gasteiger partial charge in [-0.15, -0.1) is 0 Å². The highest BCUT2D eigenvalue weighted by atomic mass is 19.4. The van der Waals surface area contributed by atoms with Crippen LogP contribution in [0.25, 0.3) is 5.65 Å². The van der Waals surface area contributed by atoms with Crippen molar-refractivity contribution in [2.75, 3.05) is 25.0 Å². The minimum atomic E-state index is -4.66. The molecule has 10 nitrogen and oxygen atoms in total. The summed E-state index contributed by atoms with van der Waals surface area (Å²) >= 11 is 0. The van der Waals surface area contributed by atoms with E-state index in [2.05, 4.69) is 44.8 Å². The van der Waals surface area contributed by atoms with Gasteiger partial charge in [-0.05, 0) is 107 Å². The summed E-state index contributed by atoms with van der Waals surface area (Å²) in [5, 5.41) is 5.15. The maximum Gasteiger partial charge on any atom is 0.433 e. The van der Waals surface area contributed by atoms with Gasteiger partial charge in [-0.2, -0.15) is 13.2 Å². The number of fused-ring (bicyclic) bond motifs is 1. The fraction of sp³-hybridized carbons (Fsp3) is 0.475. The normalized spacial score (nSPS) is 21.9. The van der Waals surface area contributed by atoms with Crippen molar-refractivity contribution in [2.24, 2.45) is 5.92 Å². The first kappa shape index (κ1) is 36.6. The van der Waals surface area contributed by atoms with Crippen LogP contribution in [-0.2, 0) is 15.8 Å². The molecule has 13 heteroatoms. The van der Waals surface area contributed by atoms with Crippen LogP contribution in [0.3, 0.4) is 0 Å². The first-order chi connectivity index (χ1) is 25.4.